The number of fused-ring (bicyclic) bond motifs is 1. The topological polar surface area (TPSA) is 68.0 Å². The molecule has 3 rings (SSSR count). The number of aryl methyl sites for hydroxylation is 2. The van der Waals surface area contributed by atoms with Crippen molar-refractivity contribution in [2.24, 2.45) is 0 Å². The molecule has 0 aliphatic heterocycles. The lowest BCUT2D eigenvalue weighted by Crippen LogP contribution is -2.13. The Hall–Kier alpha value is -2.69. The summed E-state index contributed by atoms with van der Waals surface area (Å²) >= 11 is 0. The van der Waals surface area contributed by atoms with E-state index in [2.05, 4.69) is 15.5 Å². The van der Waals surface area contributed by atoms with E-state index in [0.717, 1.165) is 10.9 Å². The van der Waals surface area contributed by atoms with Gasteiger partial charge in [-0.15, -0.1) is 0 Å². The molecule has 0 fully saturated rings. The van der Waals surface area contributed by atoms with Crippen LogP contribution in [0.5, 0.6) is 0 Å². The van der Waals surface area contributed by atoms with Gasteiger partial charge < -0.3 is 9.84 Å². The van der Waals surface area contributed by atoms with Gasteiger partial charge in [-0.3, -0.25) is 9.78 Å². The Balaban J connectivity index is 2.01. The Morgan fingerprint density at radius 3 is 2.75 bits per heavy atom. The second-order valence-corrected chi connectivity index (χ2v) is 4.53. The van der Waals surface area contributed by atoms with Crippen LogP contribution in [0, 0.1) is 13.8 Å². The van der Waals surface area contributed by atoms with Crippen LogP contribution in [0.1, 0.15) is 21.8 Å². The van der Waals surface area contributed by atoms with Crippen LogP contribution in [-0.2, 0) is 0 Å². The van der Waals surface area contributed by atoms with Crippen molar-refractivity contribution in [2.45, 2.75) is 13.8 Å². The summed E-state index contributed by atoms with van der Waals surface area (Å²) in [6, 6.07) is 9.24. The van der Waals surface area contributed by atoms with Gasteiger partial charge in [-0.25, -0.2) is 0 Å². The predicted octanol–water partition coefficient (Wildman–Crippen LogP) is 3.09. The summed E-state index contributed by atoms with van der Waals surface area (Å²) in [5.41, 5.74) is 2.65. The Kier molecular flexibility index (Phi) is 2.95. The van der Waals surface area contributed by atoms with Crippen LogP contribution in [0.2, 0.25) is 0 Å². The second kappa shape index (κ2) is 4.77. The van der Waals surface area contributed by atoms with Gasteiger partial charge in [0.1, 0.15) is 11.4 Å². The highest BCUT2D eigenvalue weighted by atomic mass is 16.5. The number of aromatic nitrogens is 2. The lowest BCUT2D eigenvalue weighted by atomic mass is 10.1. The molecule has 2 aromatic heterocycles. The van der Waals surface area contributed by atoms with Gasteiger partial charge in [0.15, 0.2) is 5.76 Å². The van der Waals surface area contributed by atoms with E-state index in [0.29, 0.717) is 22.7 Å². The summed E-state index contributed by atoms with van der Waals surface area (Å²) < 4.78 is 5.04. The molecule has 0 aliphatic rings. The Morgan fingerprint density at radius 2 is 2.00 bits per heavy atom. The van der Waals surface area contributed by atoms with Gasteiger partial charge in [0.25, 0.3) is 5.91 Å². The molecule has 3 aromatic rings. The number of carbonyl (C=O) groups excluding carboxylic acids is 1. The first-order valence-corrected chi connectivity index (χ1v) is 6.25. The first kappa shape index (κ1) is 12.3. The van der Waals surface area contributed by atoms with Crippen molar-refractivity contribution in [2.75, 3.05) is 5.32 Å². The number of amides is 1. The van der Waals surface area contributed by atoms with Crippen LogP contribution in [0.15, 0.2) is 41.1 Å². The highest BCUT2D eigenvalue weighted by molar-refractivity contribution is 6.12. The van der Waals surface area contributed by atoms with E-state index in [1.54, 1.807) is 26.1 Å². The number of carbonyl (C=O) groups is 1. The quantitative estimate of drug-likeness (QED) is 0.774. The third-order valence-corrected chi connectivity index (χ3v) is 3.17. The molecule has 0 radical (unpaired) electrons. The van der Waals surface area contributed by atoms with E-state index in [-0.39, 0.29) is 5.91 Å². The van der Waals surface area contributed by atoms with Crippen LogP contribution >= 0.6 is 0 Å². The standard InChI is InChI=1S/C15H13N3O2/c1-9-14(10(2)20-18-9)17-15(19)12-7-8-16-13-6-4-3-5-11(12)13/h3-8H,1-2H3,(H,17,19). The minimum atomic E-state index is -0.196. The molecule has 100 valence electrons. The monoisotopic (exact) mass is 267 g/mol. The zero-order valence-corrected chi connectivity index (χ0v) is 11.2. The summed E-state index contributed by atoms with van der Waals surface area (Å²) in [5, 5.41) is 7.49. The smallest absolute Gasteiger partial charge is 0.256 e. The van der Waals surface area contributed by atoms with Crippen LogP contribution in [-0.4, -0.2) is 16.0 Å². The summed E-state index contributed by atoms with van der Waals surface area (Å²) in [4.78, 5) is 16.7. The van der Waals surface area contributed by atoms with Crippen molar-refractivity contribution in [3.8, 4) is 0 Å². The fourth-order valence-electron chi connectivity index (χ4n) is 2.14. The number of pyridine rings is 1. The van der Waals surface area contributed by atoms with Gasteiger partial charge in [0.2, 0.25) is 0 Å². The molecule has 1 N–H and O–H groups in total. The molecule has 0 atom stereocenters. The first-order valence-electron chi connectivity index (χ1n) is 6.25. The van der Waals surface area contributed by atoms with Crippen LogP contribution < -0.4 is 5.32 Å². The van der Waals surface area contributed by atoms with Crippen molar-refractivity contribution in [1.82, 2.24) is 10.1 Å². The number of nitrogens with zero attached hydrogens (tertiary/aromatic N) is 2. The molecule has 5 nitrogen and oxygen atoms in total. The molecular weight excluding hydrogens is 254 g/mol. The summed E-state index contributed by atoms with van der Waals surface area (Å²) in [6.45, 7) is 3.55. The lowest BCUT2D eigenvalue weighted by Gasteiger charge is -2.07. The van der Waals surface area contributed by atoms with Crippen LogP contribution in [0.4, 0.5) is 5.69 Å². The minimum Gasteiger partial charge on any atom is -0.359 e. The Bertz CT molecular complexity index is 768. The summed E-state index contributed by atoms with van der Waals surface area (Å²) in [6.07, 6.45) is 1.63. The van der Waals surface area contributed by atoms with E-state index >= 15 is 0 Å². The van der Waals surface area contributed by atoms with Gasteiger partial charge in [-0.05, 0) is 26.0 Å². The molecule has 2 heterocycles. The van der Waals surface area contributed by atoms with E-state index in [9.17, 15) is 4.79 Å². The third-order valence-electron chi connectivity index (χ3n) is 3.17. The third kappa shape index (κ3) is 2.03. The molecule has 0 spiro atoms. The van der Waals surface area contributed by atoms with E-state index in [1.165, 1.54) is 0 Å². The highest BCUT2D eigenvalue weighted by Gasteiger charge is 2.15. The number of para-hydroxylation sites is 1. The van der Waals surface area contributed by atoms with Gasteiger partial charge >= 0.3 is 0 Å². The number of hydrogen-bond acceptors (Lipinski definition) is 4. The van der Waals surface area contributed by atoms with Gasteiger partial charge in [-0.2, -0.15) is 0 Å². The molecule has 0 aliphatic carbocycles. The number of benzene rings is 1. The Labute approximate surface area is 115 Å². The maximum Gasteiger partial charge on any atom is 0.256 e. The minimum absolute atomic E-state index is 0.196. The molecule has 5 heteroatoms. The first-order chi connectivity index (χ1) is 9.66. The molecule has 0 unspecified atom stereocenters. The molecular formula is C15H13N3O2. The fraction of sp³-hybridized carbons (Fsp3) is 0.133. The average Bonchev–Trinajstić information content (AvgIpc) is 2.78. The molecule has 1 aromatic carbocycles. The van der Waals surface area contributed by atoms with Crippen molar-refractivity contribution >= 4 is 22.5 Å². The van der Waals surface area contributed by atoms with Crippen LogP contribution in [0.3, 0.4) is 0 Å². The van der Waals surface area contributed by atoms with Crippen molar-refractivity contribution < 1.29 is 9.32 Å². The van der Waals surface area contributed by atoms with Gasteiger partial charge in [0, 0.05) is 11.6 Å². The predicted molar refractivity (Wildman–Crippen MR) is 75.7 cm³/mol. The SMILES string of the molecule is Cc1noc(C)c1NC(=O)c1ccnc2ccccc12. The van der Waals surface area contributed by atoms with Crippen molar-refractivity contribution in [3.05, 3.63) is 53.5 Å². The second-order valence-electron chi connectivity index (χ2n) is 4.53. The number of nitrogens with one attached hydrogen (secondary N) is 1. The molecule has 1 amide bonds. The molecule has 0 saturated heterocycles. The zero-order valence-electron chi connectivity index (χ0n) is 11.2. The number of rotatable bonds is 2. The largest absolute Gasteiger partial charge is 0.359 e. The van der Waals surface area contributed by atoms with E-state index in [1.807, 2.05) is 24.3 Å². The van der Waals surface area contributed by atoms with Crippen molar-refractivity contribution in [1.29, 1.82) is 0 Å². The fourth-order valence-corrected chi connectivity index (χ4v) is 2.14. The summed E-state index contributed by atoms with van der Waals surface area (Å²) in [7, 11) is 0. The number of anilines is 1. The average molecular weight is 267 g/mol. The van der Waals surface area contributed by atoms with Crippen molar-refractivity contribution in [3.63, 3.8) is 0 Å². The van der Waals surface area contributed by atoms with Gasteiger partial charge in [-0.1, -0.05) is 23.4 Å². The maximum atomic E-state index is 12.4. The van der Waals surface area contributed by atoms with Crippen LogP contribution in [0.25, 0.3) is 10.9 Å². The van der Waals surface area contributed by atoms with Gasteiger partial charge in [0.05, 0.1) is 11.1 Å². The molecule has 0 bridgehead atoms. The maximum absolute atomic E-state index is 12.4. The summed E-state index contributed by atoms with van der Waals surface area (Å²) in [5.74, 6) is 0.396. The molecule has 0 saturated carbocycles. The number of hydrogen-bond donors (Lipinski definition) is 1. The lowest BCUT2D eigenvalue weighted by molar-refractivity contribution is 0.102. The molecule has 20 heavy (non-hydrogen) atoms. The Morgan fingerprint density at radius 1 is 1.20 bits per heavy atom. The normalized spacial score (nSPS) is 10.7. The highest BCUT2D eigenvalue weighted by Crippen LogP contribution is 2.22. The van der Waals surface area contributed by atoms with E-state index < -0.39 is 0 Å². The van der Waals surface area contributed by atoms with E-state index in [4.69, 9.17) is 4.52 Å². The zero-order chi connectivity index (χ0) is 14.1.